The number of aliphatic imine (C=N–C) groups is 1. The fourth-order valence-corrected chi connectivity index (χ4v) is 2.79. The molecule has 1 heterocycles. The Labute approximate surface area is 118 Å². The van der Waals surface area contributed by atoms with Crippen LogP contribution in [-0.2, 0) is 0 Å². The third-order valence-corrected chi connectivity index (χ3v) is 3.98. The molecular weight excluding hydrogens is 269 g/mol. The monoisotopic (exact) mass is 285 g/mol. The summed E-state index contributed by atoms with van der Waals surface area (Å²) in [7, 11) is 0. The molecule has 5 heteroatoms. The van der Waals surface area contributed by atoms with E-state index in [-0.39, 0.29) is 6.04 Å². The maximum absolute atomic E-state index is 6.27. The van der Waals surface area contributed by atoms with Gasteiger partial charge in [-0.25, -0.2) is 0 Å². The predicted molar refractivity (Wildman–Crippen MR) is 77.3 cm³/mol. The van der Waals surface area contributed by atoms with Crippen molar-refractivity contribution in [2.45, 2.75) is 32.4 Å². The largest absolute Gasteiger partial charge is 0.370 e. The van der Waals surface area contributed by atoms with Crippen molar-refractivity contribution < 1.29 is 0 Å². The fourth-order valence-electron chi connectivity index (χ4n) is 2.26. The summed E-state index contributed by atoms with van der Waals surface area (Å²) in [5.41, 5.74) is 7.00. The topological polar surface area (TPSA) is 41.6 Å². The smallest absolute Gasteiger partial charge is 0.192 e. The lowest BCUT2D eigenvalue weighted by atomic mass is 10.0. The molecule has 0 saturated heterocycles. The quantitative estimate of drug-likeness (QED) is 0.924. The minimum Gasteiger partial charge on any atom is -0.370 e. The van der Waals surface area contributed by atoms with Gasteiger partial charge in [0.2, 0.25) is 0 Å². The van der Waals surface area contributed by atoms with Gasteiger partial charge in [-0.05, 0) is 31.0 Å². The second-order valence-electron chi connectivity index (χ2n) is 4.55. The predicted octanol–water partition coefficient (Wildman–Crippen LogP) is 3.46. The molecule has 0 aromatic heterocycles. The minimum absolute atomic E-state index is 0.115. The van der Waals surface area contributed by atoms with Gasteiger partial charge in [0.1, 0.15) is 0 Å². The van der Waals surface area contributed by atoms with Crippen LogP contribution in [0.4, 0.5) is 0 Å². The zero-order valence-corrected chi connectivity index (χ0v) is 12.0. The zero-order valence-electron chi connectivity index (χ0n) is 10.5. The van der Waals surface area contributed by atoms with E-state index in [1.807, 2.05) is 12.1 Å². The maximum Gasteiger partial charge on any atom is 0.192 e. The highest BCUT2D eigenvalue weighted by Crippen LogP contribution is 2.34. The van der Waals surface area contributed by atoms with Gasteiger partial charge in [-0.1, -0.05) is 36.2 Å². The molecule has 1 aliphatic heterocycles. The van der Waals surface area contributed by atoms with E-state index in [0.29, 0.717) is 28.6 Å². The van der Waals surface area contributed by atoms with Crippen LogP contribution in [0.1, 0.15) is 31.9 Å². The molecule has 0 amide bonds. The molecule has 1 aromatic rings. The van der Waals surface area contributed by atoms with E-state index in [0.717, 1.165) is 12.0 Å². The van der Waals surface area contributed by atoms with Crippen molar-refractivity contribution in [3.8, 4) is 0 Å². The fraction of sp³-hybridized carbons (Fsp3) is 0.462. The van der Waals surface area contributed by atoms with Gasteiger partial charge in [-0.3, -0.25) is 4.99 Å². The standard InChI is InChI=1S/C13H17Cl2N3/c1-3-8(2)18-12(7-17-13(18)16)10-5-4-9(14)6-11(10)15/h4-6,8,12H,3,7H2,1-2H3,(H2,16,17). The first-order chi connectivity index (χ1) is 8.54. The minimum atomic E-state index is 0.115. The summed E-state index contributed by atoms with van der Waals surface area (Å²) in [6.07, 6.45) is 1.01. The first-order valence-electron chi connectivity index (χ1n) is 6.07. The summed E-state index contributed by atoms with van der Waals surface area (Å²) in [4.78, 5) is 6.47. The van der Waals surface area contributed by atoms with Gasteiger partial charge in [-0.2, -0.15) is 0 Å². The number of benzene rings is 1. The Hall–Kier alpha value is -0.930. The van der Waals surface area contributed by atoms with E-state index < -0.39 is 0 Å². The van der Waals surface area contributed by atoms with Crippen molar-refractivity contribution in [2.75, 3.05) is 6.54 Å². The van der Waals surface area contributed by atoms with Crippen LogP contribution in [0.5, 0.6) is 0 Å². The Morgan fingerprint density at radius 1 is 1.50 bits per heavy atom. The Morgan fingerprint density at radius 3 is 2.83 bits per heavy atom. The summed E-state index contributed by atoms with van der Waals surface area (Å²) in [6, 6.07) is 6.03. The molecule has 2 rings (SSSR count). The highest BCUT2D eigenvalue weighted by atomic mass is 35.5. The van der Waals surface area contributed by atoms with Crippen LogP contribution in [-0.4, -0.2) is 23.4 Å². The third-order valence-electron chi connectivity index (χ3n) is 3.41. The average Bonchev–Trinajstić information content (AvgIpc) is 2.70. The van der Waals surface area contributed by atoms with Gasteiger partial charge in [0.25, 0.3) is 0 Å². The third kappa shape index (κ3) is 2.43. The van der Waals surface area contributed by atoms with Gasteiger partial charge >= 0.3 is 0 Å². The Morgan fingerprint density at radius 2 is 2.22 bits per heavy atom. The van der Waals surface area contributed by atoms with Crippen molar-refractivity contribution in [2.24, 2.45) is 10.7 Å². The maximum atomic E-state index is 6.27. The molecule has 0 bridgehead atoms. The molecule has 0 saturated carbocycles. The number of nitrogens with two attached hydrogens (primary N) is 1. The lowest BCUT2D eigenvalue weighted by Crippen LogP contribution is -2.42. The molecule has 1 aromatic carbocycles. The Balaban J connectivity index is 2.33. The molecule has 2 atom stereocenters. The van der Waals surface area contributed by atoms with E-state index >= 15 is 0 Å². The molecular formula is C13H17Cl2N3. The van der Waals surface area contributed by atoms with Crippen LogP contribution >= 0.6 is 23.2 Å². The summed E-state index contributed by atoms with van der Waals surface area (Å²) in [6.45, 7) is 4.93. The molecule has 18 heavy (non-hydrogen) atoms. The number of guanidine groups is 1. The summed E-state index contributed by atoms with van der Waals surface area (Å²) in [5, 5.41) is 1.32. The van der Waals surface area contributed by atoms with Gasteiger partial charge in [0.05, 0.1) is 12.6 Å². The first-order valence-corrected chi connectivity index (χ1v) is 6.83. The molecule has 3 nitrogen and oxygen atoms in total. The van der Waals surface area contributed by atoms with Crippen LogP contribution in [0.3, 0.4) is 0 Å². The Kier molecular flexibility index (Phi) is 4.03. The number of nitrogens with zero attached hydrogens (tertiary/aromatic N) is 2. The highest BCUT2D eigenvalue weighted by molar-refractivity contribution is 6.35. The number of rotatable bonds is 3. The lowest BCUT2D eigenvalue weighted by molar-refractivity contribution is 0.268. The molecule has 0 aliphatic carbocycles. The molecule has 98 valence electrons. The number of hydrogen-bond donors (Lipinski definition) is 1. The Bertz CT molecular complexity index is 473. The molecule has 2 unspecified atom stereocenters. The SMILES string of the molecule is CCC(C)N1C(N)=NCC1c1ccc(Cl)cc1Cl. The van der Waals surface area contributed by atoms with Crippen LogP contribution in [0.25, 0.3) is 0 Å². The number of hydrogen-bond acceptors (Lipinski definition) is 3. The van der Waals surface area contributed by atoms with Crippen molar-refractivity contribution in [3.05, 3.63) is 33.8 Å². The van der Waals surface area contributed by atoms with Crippen molar-refractivity contribution in [1.29, 1.82) is 0 Å². The van der Waals surface area contributed by atoms with Crippen molar-refractivity contribution >= 4 is 29.2 Å². The second kappa shape index (κ2) is 5.37. The zero-order chi connectivity index (χ0) is 13.3. The normalized spacial score (nSPS) is 21.0. The van der Waals surface area contributed by atoms with E-state index in [1.165, 1.54) is 0 Å². The number of halogens is 2. The average molecular weight is 286 g/mol. The van der Waals surface area contributed by atoms with Crippen LogP contribution < -0.4 is 5.73 Å². The van der Waals surface area contributed by atoms with E-state index in [1.54, 1.807) is 6.07 Å². The first kappa shape index (κ1) is 13.5. The summed E-state index contributed by atoms with van der Waals surface area (Å²) < 4.78 is 0. The van der Waals surface area contributed by atoms with E-state index in [4.69, 9.17) is 28.9 Å². The van der Waals surface area contributed by atoms with Crippen LogP contribution in [0.15, 0.2) is 23.2 Å². The van der Waals surface area contributed by atoms with E-state index in [9.17, 15) is 0 Å². The van der Waals surface area contributed by atoms with Crippen molar-refractivity contribution in [3.63, 3.8) is 0 Å². The molecule has 0 spiro atoms. The molecule has 0 radical (unpaired) electrons. The van der Waals surface area contributed by atoms with Gasteiger partial charge in [0.15, 0.2) is 5.96 Å². The molecule has 2 N–H and O–H groups in total. The van der Waals surface area contributed by atoms with Crippen LogP contribution in [0.2, 0.25) is 10.0 Å². The van der Waals surface area contributed by atoms with Crippen LogP contribution in [0, 0.1) is 0 Å². The summed E-state index contributed by atoms with van der Waals surface area (Å²) in [5.74, 6) is 0.598. The molecule has 0 fully saturated rings. The van der Waals surface area contributed by atoms with E-state index in [2.05, 4.69) is 23.7 Å². The van der Waals surface area contributed by atoms with Gasteiger partial charge in [-0.15, -0.1) is 0 Å². The summed E-state index contributed by atoms with van der Waals surface area (Å²) >= 11 is 12.2. The van der Waals surface area contributed by atoms with Gasteiger partial charge in [0, 0.05) is 16.1 Å². The molecule has 1 aliphatic rings. The van der Waals surface area contributed by atoms with Gasteiger partial charge < -0.3 is 10.6 Å². The lowest BCUT2D eigenvalue weighted by Gasteiger charge is -2.32. The highest BCUT2D eigenvalue weighted by Gasteiger charge is 2.31. The van der Waals surface area contributed by atoms with Crippen molar-refractivity contribution in [1.82, 2.24) is 4.90 Å². The second-order valence-corrected chi connectivity index (χ2v) is 5.39.